The lowest BCUT2D eigenvalue weighted by Gasteiger charge is -2.11. The fourth-order valence-electron chi connectivity index (χ4n) is 1.48. The monoisotopic (exact) mass is 234 g/mol. The Hall–Kier alpha value is -1.97. The quantitative estimate of drug-likeness (QED) is 0.454. The van der Waals surface area contributed by atoms with E-state index in [1.165, 1.54) is 0 Å². The highest BCUT2D eigenvalue weighted by Crippen LogP contribution is 2.14. The topological polar surface area (TPSA) is 60.4 Å². The van der Waals surface area contributed by atoms with E-state index in [4.69, 9.17) is 0 Å². The van der Waals surface area contributed by atoms with E-state index in [9.17, 15) is 14.4 Å². The molecule has 0 fully saturated rings. The zero-order valence-corrected chi connectivity index (χ0v) is 9.80. The second-order valence-electron chi connectivity index (χ2n) is 3.60. The molecule has 17 heavy (non-hydrogen) atoms. The number of carbonyl (C=O) groups excluding carboxylic acids is 3. The maximum absolute atomic E-state index is 12.0. The zero-order chi connectivity index (χ0) is 12.8. The zero-order valence-electron chi connectivity index (χ0n) is 9.80. The van der Waals surface area contributed by atoms with Gasteiger partial charge in [-0.1, -0.05) is 37.3 Å². The van der Waals surface area contributed by atoms with Crippen LogP contribution in [0.1, 0.15) is 30.6 Å². The van der Waals surface area contributed by atoms with Crippen LogP contribution < -0.4 is 0 Å². The van der Waals surface area contributed by atoms with Crippen molar-refractivity contribution in [1.82, 2.24) is 0 Å². The van der Waals surface area contributed by atoms with Crippen molar-refractivity contribution in [2.45, 2.75) is 20.3 Å². The van der Waals surface area contributed by atoms with Crippen LogP contribution in [0, 0.1) is 5.92 Å². The summed E-state index contributed by atoms with van der Waals surface area (Å²) in [7, 11) is 0. The molecule has 0 amide bonds. The lowest BCUT2D eigenvalue weighted by molar-refractivity contribution is -0.159. The molecule has 0 aromatic heterocycles. The molecule has 0 saturated heterocycles. The summed E-state index contributed by atoms with van der Waals surface area (Å²) in [4.78, 5) is 34.2. The minimum absolute atomic E-state index is 0.305. The molecule has 1 unspecified atom stereocenters. The Labute approximate surface area is 99.6 Å². The molecule has 1 aromatic rings. The van der Waals surface area contributed by atoms with Crippen molar-refractivity contribution in [1.29, 1.82) is 0 Å². The van der Waals surface area contributed by atoms with Gasteiger partial charge < -0.3 is 4.74 Å². The number of ketones is 1. The third-order valence-electron chi connectivity index (χ3n) is 2.31. The molecule has 0 radical (unpaired) electrons. The molecule has 4 heteroatoms. The Bertz CT molecular complexity index is 422. The van der Waals surface area contributed by atoms with Gasteiger partial charge in [0.15, 0.2) is 5.78 Å². The van der Waals surface area contributed by atoms with Gasteiger partial charge in [-0.15, -0.1) is 0 Å². The third kappa shape index (κ3) is 3.52. The molecule has 0 saturated carbocycles. The molecule has 1 rings (SSSR count). The minimum Gasteiger partial charge on any atom is -0.393 e. The Morgan fingerprint density at radius 3 is 2.24 bits per heavy atom. The first-order valence-electron chi connectivity index (χ1n) is 5.37. The molecule has 1 aromatic carbocycles. The first-order valence-corrected chi connectivity index (χ1v) is 5.37. The van der Waals surface area contributed by atoms with Crippen LogP contribution in [0.3, 0.4) is 0 Å². The van der Waals surface area contributed by atoms with Crippen LogP contribution in [0.4, 0.5) is 0 Å². The summed E-state index contributed by atoms with van der Waals surface area (Å²) < 4.78 is 4.45. The SMILES string of the molecule is CCC(C(=O)OC(C)=O)C(=O)c1ccccc1. The van der Waals surface area contributed by atoms with Gasteiger partial charge in [-0.25, -0.2) is 0 Å². The number of esters is 2. The summed E-state index contributed by atoms with van der Waals surface area (Å²) in [5, 5.41) is 0. The fourth-order valence-corrected chi connectivity index (χ4v) is 1.48. The average molecular weight is 234 g/mol. The Balaban J connectivity index is 2.85. The van der Waals surface area contributed by atoms with Crippen LogP contribution in [-0.2, 0) is 14.3 Å². The van der Waals surface area contributed by atoms with E-state index in [1.54, 1.807) is 37.3 Å². The predicted molar refractivity (Wildman–Crippen MR) is 61.3 cm³/mol. The van der Waals surface area contributed by atoms with Crippen molar-refractivity contribution in [2.24, 2.45) is 5.92 Å². The highest BCUT2D eigenvalue weighted by Gasteiger charge is 2.28. The summed E-state index contributed by atoms with van der Waals surface area (Å²) in [6.45, 7) is 2.84. The summed E-state index contributed by atoms with van der Waals surface area (Å²) in [6, 6.07) is 8.48. The smallest absolute Gasteiger partial charge is 0.324 e. The van der Waals surface area contributed by atoms with E-state index in [0.717, 1.165) is 6.92 Å². The van der Waals surface area contributed by atoms with E-state index >= 15 is 0 Å². The second-order valence-corrected chi connectivity index (χ2v) is 3.60. The number of benzene rings is 1. The maximum Gasteiger partial charge on any atom is 0.324 e. The van der Waals surface area contributed by atoms with E-state index < -0.39 is 17.9 Å². The largest absolute Gasteiger partial charge is 0.393 e. The Morgan fingerprint density at radius 1 is 1.18 bits per heavy atom. The summed E-state index contributed by atoms with van der Waals surface area (Å²) in [5.74, 6) is -2.72. The number of ether oxygens (including phenoxy) is 1. The second kappa shape index (κ2) is 5.94. The molecule has 90 valence electrons. The van der Waals surface area contributed by atoms with Gasteiger partial charge in [0.2, 0.25) is 0 Å². The molecule has 0 heterocycles. The lowest BCUT2D eigenvalue weighted by atomic mass is 9.95. The molecular weight excluding hydrogens is 220 g/mol. The number of hydrogen-bond donors (Lipinski definition) is 0. The number of rotatable bonds is 4. The summed E-state index contributed by atoms with van der Waals surface area (Å²) in [6.07, 6.45) is 0.305. The van der Waals surface area contributed by atoms with E-state index in [-0.39, 0.29) is 5.78 Å². The highest BCUT2D eigenvalue weighted by atomic mass is 16.6. The third-order valence-corrected chi connectivity index (χ3v) is 2.31. The van der Waals surface area contributed by atoms with Crippen LogP contribution in [0.15, 0.2) is 30.3 Å². The summed E-state index contributed by atoms with van der Waals surface area (Å²) >= 11 is 0. The van der Waals surface area contributed by atoms with Gasteiger partial charge in [0.25, 0.3) is 0 Å². The Kier molecular flexibility index (Phi) is 4.57. The van der Waals surface area contributed by atoms with Gasteiger partial charge in [-0.3, -0.25) is 14.4 Å². The van der Waals surface area contributed by atoms with E-state index in [0.29, 0.717) is 12.0 Å². The normalized spacial score (nSPS) is 11.6. The minimum atomic E-state index is -0.915. The van der Waals surface area contributed by atoms with Gasteiger partial charge in [-0.05, 0) is 6.42 Å². The first-order chi connectivity index (χ1) is 8.06. The van der Waals surface area contributed by atoms with Crippen molar-refractivity contribution in [3.63, 3.8) is 0 Å². The molecule has 1 atom stereocenters. The molecular formula is C13H14O4. The van der Waals surface area contributed by atoms with Crippen LogP contribution in [0.25, 0.3) is 0 Å². The van der Waals surface area contributed by atoms with Gasteiger partial charge >= 0.3 is 11.9 Å². The van der Waals surface area contributed by atoms with Crippen molar-refractivity contribution < 1.29 is 19.1 Å². The number of Topliss-reactive ketones (excluding diaryl/α,β-unsaturated/α-hetero) is 1. The average Bonchev–Trinajstić information content (AvgIpc) is 2.30. The molecule has 4 nitrogen and oxygen atoms in total. The van der Waals surface area contributed by atoms with Gasteiger partial charge in [0, 0.05) is 12.5 Å². The fraction of sp³-hybridized carbons (Fsp3) is 0.308. The number of carbonyl (C=O) groups is 3. The van der Waals surface area contributed by atoms with E-state index in [1.807, 2.05) is 0 Å². The van der Waals surface area contributed by atoms with Crippen molar-refractivity contribution in [3.05, 3.63) is 35.9 Å². The van der Waals surface area contributed by atoms with Crippen LogP contribution in [-0.4, -0.2) is 17.7 Å². The number of hydrogen-bond acceptors (Lipinski definition) is 4. The molecule has 0 N–H and O–H groups in total. The first kappa shape index (κ1) is 13.1. The van der Waals surface area contributed by atoms with Gasteiger partial charge in [-0.2, -0.15) is 0 Å². The maximum atomic E-state index is 12.0. The van der Waals surface area contributed by atoms with Crippen LogP contribution in [0.5, 0.6) is 0 Å². The predicted octanol–water partition coefficient (Wildman–Crippen LogP) is 1.99. The molecule has 0 aliphatic rings. The molecule has 0 bridgehead atoms. The lowest BCUT2D eigenvalue weighted by Crippen LogP contribution is -2.27. The van der Waals surface area contributed by atoms with Crippen LogP contribution in [0.2, 0.25) is 0 Å². The Morgan fingerprint density at radius 2 is 1.76 bits per heavy atom. The molecule has 0 aliphatic carbocycles. The van der Waals surface area contributed by atoms with Crippen molar-refractivity contribution >= 4 is 17.7 Å². The highest BCUT2D eigenvalue weighted by molar-refractivity contribution is 6.09. The standard InChI is InChI=1S/C13H14O4/c1-3-11(13(16)17-9(2)14)12(15)10-7-5-4-6-8-10/h4-8,11H,3H2,1-2H3. The molecule has 0 aliphatic heterocycles. The van der Waals surface area contributed by atoms with E-state index in [2.05, 4.69) is 4.74 Å². The summed E-state index contributed by atoms with van der Waals surface area (Å²) in [5.41, 5.74) is 0.444. The van der Waals surface area contributed by atoms with Crippen LogP contribution >= 0.6 is 0 Å². The van der Waals surface area contributed by atoms with Crippen molar-refractivity contribution in [2.75, 3.05) is 0 Å². The van der Waals surface area contributed by atoms with Gasteiger partial charge in [0.1, 0.15) is 5.92 Å². The van der Waals surface area contributed by atoms with Gasteiger partial charge in [0.05, 0.1) is 0 Å². The molecule has 0 spiro atoms. The van der Waals surface area contributed by atoms with Crippen molar-refractivity contribution in [3.8, 4) is 0 Å².